The summed E-state index contributed by atoms with van der Waals surface area (Å²) in [6, 6.07) is 2.84. The molecule has 1 N–H and O–H groups in total. The Morgan fingerprint density at radius 3 is 3.00 bits per heavy atom. The van der Waals surface area contributed by atoms with Crippen molar-refractivity contribution >= 4 is 23.1 Å². The molecule has 1 aromatic heterocycles. The van der Waals surface area contributed by atoms with Gasteiger partial charge in [-0.2, -0.15) is 11.8 Å². The molecule has 1 saturated heterocycles. The van der Waals surface area contributed by atoms with Gasteiger partial charge in [0, 0.05) is 10.1 Å². The van der Waals surface area contributed by atoms with E-state index in [4.69, 9.17) is 0 Å². The Morgan fingerprint density at radius 2 is 2.44 bits per heavy atom. The zero-order valence-electron chi connectivity index (χ0n) is 10.2. The van der Waals surface area contributed by atoms with Crippen LogP contribution >= 0.6 is 23.1 Å². The van der Waals surface area contributed by atoms with Crippen LogP contribution in [0, 0.1) is 6.92 Å². The van der Waals surface area contributed by atoms with Gasteiger partial charge in [0.25, 0.3) is 0 Å². The zero-order chi connectivity index (χ0) is 11.4. The molecule has 0 aliphatic carbocycles. The second kappa shape index (κ2) is 6.08. The van der Waals surface area contributed by atoms with Gasteiger partial charge in [-0.05, 0) is 55.5 Å². The maximum Gasteiger partial charge on any atom is 0.0538 e. The molecule has 0 amide bonds. The van der Waals surface area contributed by atoms with E-state index in [1.807, 2.05) is 11.3 Å². The lowest BCUT2D eigenvalue weighted by atomic mass is 10.1. The van der Waals surface area contributed by atoms with Gasteiger partial charge in [0.05, 0.1) is 6.04 Å². The van der Waals surface area contributed by atoms with Gasteiger partial charge in [-0.1, -0.05) is 6.92 Å². The summed E-state index contributed by atoms with van der Waals surface area (Å²) in [5, 5.41) is 6.77. The average Bonchev–Trinajstić information content (AvgIpc) is 2.91. The predicted molar refractivity (Wildman–Crippen MR) is 75.6 cm³/mol. The Labute approximate surface area is 107 Å². The van der Waals surface area contributed by atoms with E-state index in [0.29, 0.717) is 6.04 Å². The predicted octanol–water partition coefficient (Wildman–Crippen LogP) is 3.99. The van der Waals surface area contributed by atoms with Crippen molar-refractivity contribution in [3.8, 4) is 0 Å². The molecule has 2 heterocycles. The minimum absolute atomic E-state index is 0.590. The SMILES string of the molecule is CCCNC(c1sccc1C)C1CCCS1. The van der Waals surface area contributed by atoms with Crippen molar-refractivity contribution in [2.75, 3.05) is 12.3 Å². The molecular weight excluding hydrogens is 234 g/mol. The number of hydrogen-bond donors (Lipinski definition) is 1. The molecule has 1 aliphatic rings. The standard InChI is InChI=1S/C13H21NS2/c1-3-7-14-12(11-5-4-8-15-11)13-10(2)6-9-16-13/h6,9,11-12,14H,3-5,7-8H2,1-2H3. The molecule has 16 heavy (non-hydrogen) atoms. The molecule has 2 atom stereocenters. The van der Waals surface area contributed by atoms with E-state index in [1.54, 1.807) is 4.88 Å². The summed E-state index contributed by atoms with van der Waals surface area (Å²) < 4.78 is 0. The van der Waals surface area contributed by atoms with Crippen LogP contribution in [-0.2, 0) is 0 Å². The van der Waals surface area contributed by atoms with Gasteiger partial charge in [-0.3, -0.25) is 0 Å². The van der Waals surface area contributed by atoms with E-state index in [0.717, 1.165) is 11.8 Å². The third-order valence-corrected chi connectivity index (χ3v) is 5.70. The van der Waals surface area contributed by atoms with Crippen LogP contribution in [0.2, 0.25) is 0 Å². The number of aryl methyl sites for hydroxylation is 1. The van der Waals surface area contributed by atoms with Gasteiger partial charge < -0.3 is 5.32 Å². The fraction of sp³-hybridized carbons (Fsp3) is 0.692. The van der Waals surface area contributed by atoms with Crippen LogP contribution in [0.25, 0.3) is 0 Å². The monoisotopic (exact) mass is 255 g/mol. The first kappa shape index (κ1) is 12.5. The number of thiophene rings is 1. The van der Waals surface area contributed by atoms with Gasteiger partial charge in [0.2, 0.25) is 0 Å². The molecule has 0 aromatic carbocycles. The highest BCUT2D eigenvalue weighted by Gasteiger charge is 2.28. The fourth-order valence-corrected chi connectivity index (χ4v) is 4.81. The second-order valence-corrected chi connectivity index (χ2v) is 6.75. The minimum Gasteiger partial charge on any atom is -0.308 e. The number of hydrogen-bond acceptors (Lipinski definition) is 3. The van der Waals surface area contributed by atoms with Crippen molar-refractivity contribution in [2.45, 2.75) is 44.4 Å². The Kier molecular flexibility index (Phi) is 4.74. The summed E-state index contributed by atoms with van der Waals surface area (Å²) in [7, 11) is 0. The van der Waals surface area contributed by atoms with Crippen LogP contribution in [0.5, 0.6) is 0 Å². The Morgan fingerprint density at radius 1 is 1.56 bits per heavy atom. The van der Waals surface area contributed by atoms with Crippen molar-refractivity contribution in [2.24, 2.45) is 0 Å². The van der Waals surface area contributed by atoms with E-state index in [1.165, 1.54) is 30.6 Å². The van der Waals surface area contributed by atoms with Gasteiger partial charge in [0.15, 0.2) is 0 Å². The van der Waals surface area contributed by atoms with Crippen LogP contribution in [0.3, 0.4) is 0 Å². The lowest BCUT2D eigenvalue weighted by Gasteiger charge is -2.24. The Balaban J connectivity index is 2.10. The molecule has 0 saturated carbocycles. The molecule has 1 aliphatic heterocycles. The highest BCUT2D eigenvalue weighted by atomic mass is 32.2. The van der Waals surface area contributed by atoms with E-state index < -0.39 is 0 Å². The van der Waals surface area contributed by atoms with Crippen LogP contribution in [0.1, 0.15) is 42.7 Å². The molecule has 1 aromatic rings. The maximum absolute atomic E-state index is 3.74. The largest absolute Gasteiger partial charge is 0.308 e. The van der Waals surface area contributed by atoms with Gasteiger partial charge in [-0.15, -0.1) is 11.3 Å². The van der Waals surface area contributed by atoms with Crippen LogP contribution in [0.4, 0.5) is 0 Å². The summed E-state index contributed by atoms with van der Waals surface area (Å²) in [5.41, 5.74) is 1.46. The molecule has 1 nitrogen and oxygen atoms in total. The highest BCUT2D eigenvalue weighted by Crippen LogP contribution is 2.38. The van der Waals surface area contributed by atoms with Crippen molar-refractivity contribution in [3.05, 3.63) is 21.9 Å². The molecule has 2 rings (SSSR count). The van der Waals surface area contributed by atoms with Crippen LogP contribution < -0.4 is 5.32 Å². The van der Waals surface area contributed by atoms with E-state index in [2.05, 4.69) is 42.4 Å². The average molecular weight is 255 g/mol. The topological polar surface area (TPSA) is 12.0 Å². The molecule has 0 bridgehead atoms. The summed E-state index contributed by atoms with van der Waals surface area (Å²) in [6.07, 6.45) is 3.99. The van der Waals surface area contributed by atoms with Crippen molar-refractivity contribution in [1.29, 1.82) is 0 Å². The maximum atomic E-state index is 3.74. The molecule has 1 fully saturated rings. The third-order valence-electron chi connectivity index (χ3n) is 3.14. The summed E-state index contributed by atoms with van der Waals surface area (Å²) in [4.78, 5) is 1.56. The first-order valence-electron chi connectivity index (χ1n) is 6.22. The minimum atomic E-state index is 0.590. The molecule has 0 spiro atoms. The quantitative estimate of drug-likeness (QED) is 0.853. The van der Waals surface area contributed by atoms with E-state index in [9.17, 15) is 0 Å². The van der Waals surface area contributed by atoms with Crippen LogP contribution in [0.15, 0.2) is 11.4 Å². The number of thioether (sulfide) groups is 1. The first-order chi connectivity index (χ1) is 7.83. The molecule has 0 radical (unpaired) electrons. The lowest BCUT2D eigenvalue weighted by molar-refractivity contribution is 0.508. The normalized spacial score (nSPS) is 22.5. The first-order valence-corrected chi connectivity index (χ1v) is 8.14. The molecular formula is C13H21NS2. The Bertz CT molecular complexity index is 315. The highest BCUT2D eigenvalue weighted by molar-refractivity contribution is 8.00. The zero-order valence-corrected chi connectivity index (χ0v) is 11.8. The Hall–Kier alpha value is 0.01000. The summed E-state index contributed by atoms with van der Waals surface area (Å²) in [6.45, 7) is 5.62. The van der Waals surface area contributed by atoms with Crippen molar-refractivity contribution in [1.82, 2.24) is 5.32 Å². The van der Waals surface area contributed by atoms with Crippen molar-refractivity contribution < 1.29 is 0 Å². The second-order valence-electron chi connectivity index (χ2n) is 4.45. The van der Waals surface area contributed by atoms with E-state index >= 15 is 0 Å². The van der Waals surface area contributed by atoms with E-state index in [-0.39, 0.29) is 0 Å². The summed E-state index contributed by atoms with van der Waals surface area (Å²) in [5.74, 6) is 1.35. The number of nitrogens with one attached hydrogen (secondary N) is 1. The number of rotatable bonds is 5. The molecule has 2 unspecified atom stereocenters. The van der Waals surface area contributed by atoms with Gasteiger partial charge in [-0.25, -0.2) is 0 Å². The van der Waals surface area contributed by atoms with Gasteiger partial charge >= 0.3 is 0 Å². The van der Waals surface area contributed by atoms with Crippen molar-refractivity contribution in [3.63, 3.8) is 0 Å². The van der Waals surface area contributed by atoms with Gasteiger partial charge in [0.1, 0.15) is 0 Å². The van der Waals surface area contributed by atoms with Crippen LogP contribution in [-0.4, -0.2) is 17.5 Å². The third kappa shape index (κ3) is 2.82. The molecule has 90 valence electrons. The summed E-state index contributed by atoms with van der Waals surface area (Å²) >= 11 is 4.07. The smallest absolute Gasteiger partial charge is 0.0538 e. The molecule has 3 heteroatoms. The lowest BCUT2D eigenvalue weighted by Crippen LogP contribution is -2.29. The fourth-order valence-electron chi connectivity index (χ4n) is 2.26.